The van der Waals surface area contributed by atoms with Crippen molar-refractivity contribution in [3.05, 3.63) is 65.5 Å². The normalized spacial score (nSPS) is 12.4. The van der Waals surface area contributed by atoms with Gasteiger partial charge in [0, 0.05) is 12.4 Å². The summed E-state index contributed by atoms with van der Waals surface area (Å²) in [7, 11) is 0. The molecule has 1 N–H and O–H groups in total. The van der Waals surface area contributed by atoms with Crippen LogP contribution in [0.5, 0.6) is 0 Å². The Labute approximate surface area is 102 Å². The topological polar surface area (TPSA) is 33.1 Å². The number of nitrogens with zero attached hydrogens (tertiary/aromatic N) is 1. The second-order valence-corrected chi connectivity index (χ2v) is 4.33. The van der Waals surface area contributed by atoms with Crippen molar-refractivity contribution in [3.63, 3.8) is 0 Å². The number of aromatic nitrogens is 1. The van der Waals surface area contributed by atoms with E-state index >= 15 is 0 Å². The summed E-state index contributed by atoms with van der Waals surface area (Å²) in [6, 6.07) is 12.2. The van der Waals surface area contributed by atoms with Crippen molar-refractivity contribution >= 4 is 0 Å². The molecule has 1 aromatic carbocycles. The van der Waals surface area contributed by atoms with Crippen LogP contribution in [-0.4, -0.2) is 10.1 Å². The van der Waals surface area contributed by atoms with Gasteiger partial charge < -0.3 is 5.11 Å². The summed E-state index contributed by atoms with van der Waals surface area (Å²) in [5, 5.41) is 10.0. The van der Waals surface area contributed by atoms with Gasteiger partial charge in [-0.2, -0.15) is 0 Å². The molecule has 0 spiro atoms. The standard InChI is InChI=1S/C15H17NO/c1-12-4-2-5-13(10-12)7-8-15(17)14-6-3-9-16-11-14/h2-6,9-11,15,17H,7-8H2,1H3. The minimum Gasteiger partial charge on any atom is -0.388 e. The van der Waals surface area contributed by atoms with Gasteiger partial charge in [-0.3, -0.25) is 4.98 Å². The molecule has 0 saturated heterocycles. The Kier molecular flexibility index (Phi) is 3.89. The molecule has 2 heteroatoms. The molecule has 88 valence electrons. The predicted octanol–water partition coefficient (Wildman–Crippen LogP) is 3.06. The molecule has 0 radical (unpaired) electrons. The Hall–Kier alpha value is -1.67. The van der Waals surface area contributed by atoms with E-state index in [1.165, 1.54) is 11.1 Å². The highest BCUT2D eigenvalue weighted by Gasteiger charge is 2.07. The molecule has 0 aliphatic carbocycles. The molecule has 1 atom stereocenters. The van der Waals surface area contributed by atoms with Crippen molar-refractivity contribution in [2.45, 2.75) is 25.9 Å². The summed E-state index contributed by atoms with van der Waals surface area (Å²) in [5.74, 6) is 0. The molecular formula is C15H17NO. The first-order valence-electron chi connectivity index (χ1n) is 5.89. The first-order valence-corrected chi connectivity index (χ1v) is 5.89. The lowest BCUT2D eigenvalue weighted by molar-refractivity contribution is 0.167. The zero-order chi connectivity index (χ0) is 12.1. The summed E-state index contributed by atoms with van der Waals surface area (Å²) < 4.78 is 0. The average molecular weight is 227 g/mol. The highest BCUT2D eigenvalue weighted by atomic mass is 16.3. The summed E-state index contributed by atoms with van der Waals surface area (Å²) in [6.45, 7) is 2.08. The number of hydrogen-bond donors (Lipinski definition) is 1. The molecule has 0 fully saturated rings. The van der Waals surface area contributed by atoms with Gasteiger partial charge >= 0.3 is 0 Å². The monoisotopic (exact) mass is 227 g/mol. The Bertz CT molecular complexity index is 467. The Morgan fingerprint density at radius 2 is 2.12 bits per heavy atom. The number of rotatable bonds is 4. The molecule has 1 heterocycles. The van der Waals surface area contributed by atoms with Crippen LogP contribution in [0.3, 0.4) is 0 Å². The van der Waals surface area contributed by atoms with Crippen molar-refractivity contribution in [1.29, 1.82) is 0 Å². The van der Waals surface area contributed by atoms with Gasteiger partial charge in [-0.25, -0.2) is 0 Å². The molecule has 0 bridgehead atoms. The maximum atomic E-state index is 10.0. The molecule has 1 aromatic heterocycles. The van der Waals surface area contributed by atoms with Crippen molar-refractivity contribution < 1.29 is 5.11 Å². The second-order valence-electron chi connectivity index (χ2n) is 4.33. The van der Waals surface area contributed by atoms with Crippen LogP contribution >= 0.6 is 0 Å². The van der Waals surface area contributed by atoms with Crippen LogP contribution in [0.4, 0.5) is 0 Å². The maximum absolute atomic E-state index is 10.0. The largest absolute Gasteiger partial charge is 0.388 e. The number of aliphatic hydroxyl groups is 1. The van der Waals surface area contributed by atoms with Crippen molar-refractivity contribution in [2.75, 3.05) is 0 Å². The van der Waals surface area contributed by atoms with Crippen molar-refractivity contribution in [2.24, 2.45) is 0 Å². The van der Waals surface area contributed by atoms with E-state index in [1.54, 1.807) is 12.4 Å². The minimum absolute atomic E-state index is 0.427. The highest BCUT2D eigenvalue weighted by Crippen LogP contribution is 2.18. The number of hydrogen-bond acceptors (Lipinski definition) is 2. The Morgan fingerprint density at radius 3 is 2.82 bits per heavy atom. The van der Waals surface area contributed by atoms with Gasteiger partial charge in [0.25, 0.3) is 0 Å². The molecule has 0 amide bonds. The summed E-state index contributed by atoms with van der Waals surface area (Å²) in [4.78, 5) is 4.01. The van der Waals surface area contributed by atoms with Crippen molar-refractivity contribution in [3.8, 4) is 0 Å². The third-order valence-electron chi connectivity index (χ3n) is 2.86. The number of aryl methyl sites for hydroxylation is 2. The van der Waals surface area contributed by atoms with Crippen LogP contribution in [0.25, 0.3) is 0 Å². The van der Waals surface area contributed by atoms with Gasteiger partial charge in [0.05, 0.1) is 6.10 Å². The fraction of sp³-hybridized carbons (Fsp3) is 0.267. The fourth-order valence-electron chi connectivity index (χ4n) is 1.91. The third-order valence-corrected chi connectivity index (χ3v) is 2.86. The lowest BCUT2D eigenvalue weighted by Gasteiger charge is -2.10. The molecule has 2 rings (SSSR count). The van der Waals surface area contributed by atoms with E-state index in [4.69, 9.17) is 0 Å². The fourth-order valence-corrected chi connectivity index (χ4v) is 1.91. The Balaban J connectivity index is 1.95. The van der Waals surface area contributed by atoms with E-state index < -0.39 is 6.10 Å². The molecule has 0 aliphatic heterocycles. The lowest BCUT2D eigenvalue weighted by Crippen LogP contribution is -2.00. The quantitative estimate of drug-likeness (QED) is 0.870. The van der Waals surface area contributed by atoms with Crippen LogP contribution in [0.1, 0.15) is 29.2 Å². The number of aliphatic hydroxyl groups excluding tert-OH is 1. The number of benzene rings is 1. The minimum atomic E-state index is -0.427. The summed E-state index contributed by atoms with van der Waals surface area (Å²) >= 11 is 0. The SMILES string of the molecule is Cc1cccc(CCC(O)c2cccnc2)c1. The van der Waals surface area contributed by atoms with E-state index in [-0.39, 0.29) is 0 Å². The summed E-state index contributed by atoms with van der Waals surface area (Å²) in [6.07, 6.45) is 4.63. The molecule has 0 aliphatic rings. The van der Waals surface area contributed by atoms with E-state index in [1.807, 2.05) is 12.1 Å². The van der Waals surface area contributed by atoms with Crippen molar-refractivity contribution in [1.82, 2.24) is 4.98 Å². The van der Waals surface area contributed by atoms with Crippen LogP contribution < -0.4 is 0 Å². The smallest absolute Gasteiger partial charge is 0.0808 e. The zero-order valence-corrected chi connectivity index (χ0v) is 10.0. The van der Waals surface area contributed by atoms with Gasteiger partial charge in [-0.15, -0.1) is 0 Å². The maximum Gasteiger partial charge on any atom is 0.0808 e. The molecule has 17 heavy (non-hydrogen) atoms. The highest BCUT2D eigenvalue weighted by molar-refractivity contribution is 5.22. The first kappa shape index (κ1) is 11.8. The molecule has 2 nitrogen and oxygen atoms in total. The first-order chi connectivity index (χ1) is 8.25. The molecular weight excluding hydrogens is 210 g/mol. The number of pyridine rings is 1. The second kappa shape index (κ2) is 5.60. The van der Waals surface area contributed by atoms with Crippen LogP contribution in [-0.2, 0) is 6.42 Å². The van der Waals surface area contributed by atoms with Gasteiger partial charge in [-0.1, -0.05) is 35.9 Å². The van der Waals surface area contributed by atoms with E-state index in [0.29, 0.717) is 0 Å². The van der Waals surface area contributed by atoms with E-state index in [0.717, 1.165) is 18.4 Å². The third kappa shape index (κ3) is 3.40. The van der Waals surface area contributed by atoms with Gasteiger partial charge in [0.15, 0.2) is 0 Å². The molecule has 2 aromatic rings. The summed E-state index contributed by atoms with van der Waals surface area (Å²) in [5.41, 5.74) is 3.42. The van der Waals surface area contributed by atoms with Crippen LogP contribution in [0.2, 0.25) is 0 Å². The molecule has 0 saturated carbocycles. The Morgan fingerprint density at radius 1 is 1.24 bits per heavy atom. The predicted molar refractivity (Wildman–Crippen MR) is 68.7 cm³/mol. The lowest BCUT2D eigenvalue weighted by atomic mass is 10.0. The van der Waals surface area contributed by atoms with E-state index in [2.05, 4.69) is 36.2 Å². The van der Waals surface area contributed by atoms with E-state index in [9.17, 15) is 5.11 Å². The van der Waals surface area contributed by atoms with Gasteiger partial charge in [-0.05, 0) is 37.0 Å². The zero-order valence-electron chi connectivity index (χ0n) is 10.0. The van der Waals surface area contributed by atoms with Crippen LogP contribution in [0.15, 0.2) is 48.8 Å². The van der Waals surface area contributed by atoms with Gasteiger partial charge in [0.2, 0.25) is 0 Å². The average Bonchev–Trinajstić information content (AvgIpc) is 2.37. The van der Waals surface area contributed by atoms with Crippen LogP contribution in [0, 0.1) is 6.92 Å². The molecule has 1 unspecified atom stereocenters. The van der Waals surface area contributed by atoms with Gasteiger partial charge in [0.1, 0.15) is 0 Å².